The molecule has 0 N–H and O–H groups in total. The van der Waals surface area contributed by atoms with Gasteiger partial charge in [-0.1, -0.05) is 11.6 Å². The average Bonchev–Trinajstić information content (AvgIpc) is 2.38. The molecule has 0 fully saturated rings. The number of hydrogen-bond donors (Lipinski definition) is 0. The van der Waals surface area contributed by atoms with E-state index in [0.717, 1.165) is 6.07 Å². The van der Waals surface area contributed by atoms with Gasteiger partial charge in [0.1, 0.15) is 11.3 Å². The lowest BCUT2D eigenvalue weighted by Gasteiger charge is -2.10. The molecule has 2 aromatic rings. The maximum absolute atomic E-state index is 13.9. The number of halogens is 2. The highest BCUT2D eigenvalue weighted by atomic mass is 35.5. The number of methoxy groups -OCH3 is 1. The van der Waals surface area contributed by atoms with Crippen LogP contribution in [0.1, 0.15) is 17.4 Å². The van der Waals surface area contributed by atoms with Gasteiger partial charge >= 0.3 is 5.97 Å². The minimum absolute atomic E-state index is 0.0142. The third kappa shape index (κ3) is 2.61. The summed E-state index contributed by atoms with van der Waals surface area (Å²) in [6.07, 6.45) is 0. The van der Waals surface area contributed by atoms with Crippen LogP contribution in [0.5, 0.6) is 5.75 Å². The van der Waals surface area contributed by atoms with E-state index in [-0.39, 0.29) is 16.2 Å². The molecule has 1 aromatic heterocycles. The van der Waals surface area contributed by atoms with Crippen LogP contribution < -0.4 is 4.74 Å². The second-order valence-corrected chi connectivity index (χ2v) is 4.15. The highest BCUT2D eigenvalue weighted by molar-refractivity contribution is 6.31. The van der Waals surface area contributed by atoms with Crippen LogP contribution in [0.25, 0.3) is 10.9 Å². The molecule has 4 nitrogen and oxygen atoms in total. The van der Waals surface area contributed by atoms with E-state index in [1.165, 1.54) is 13.2 Å². The van der Waals surface area contributed by atoms with Gasteiger partial charge in [0.05, 0.1) is 13.7 Å². The van der Waals surface area contributed by atoms with Crippen molar-refractivity contribution in [1.82, 2.24) is 4.98 Å². The summed E-state index contributed by atoms with van der Waals surface area (Å²) >= 11 is 5.81. The number of fused-ring (bicyclic) bond motifs is 1. The van der Waals surface area contributed by atoms with Gasteiger partial charge in [0.2, 0.25) is 0 Å². The van der Waals surface area contributed by atoms with Crippen molar-refractivity contribution in [2.24, 2.45) is 0 Å². The number of nitrogens with zero attached hydrogens (tertiary/aromatic N) is 1. The molecule has 19 heavy (non-hydrogen) atoms. The smallest absolute Gasteiger partial charge is 0.356 e. The van der Waals surface area contributed by atoms with E-state index in [0.29, 0.717) is 17.7 Å². The van der Waals surface area contributed by atoms with E-state index in [4.69, 9.17) is 16.3 Å². The predicted octanol–water partition coefficient (Wildman–Crippen LogP) is 3.21. The zero-order chi connectivity index (χ0) is 14.0. The molecule has 6 heteroatoms. The van der Waals surface area contributed by atoms with E-state index in [1.807, 2.05) is 0 Å². The molecule has 0 atom stereocenters. The zero-order valence-corrected chi connectivity index (χ0v) is 11.1. The molecule has 1 heterocycles. The number of rotatable bonds is 3. The van der Waals surface area contributed by atoms with E-state index >= 15 is 0 Å². The number of pyridine rings is 1. The molecule has 0 aliphatic heterocycles. The first-order valence-corrected chi connectivity index (χ1v) is 5.95. The molecular formula is C13H11ClFNO3. The summed E-state index contributed by atoms with van der Waals surface area (Å²) in [7, 11) is 1.23. The summed E-state index contributed by atoms with van der Waals surface area (Å²) in [5.41, 5.74) is 0.00965. The second kappa shape index (κ2) is 5.40. The van der Waals surface area contributed by atoms with Crippen molar-refractivity contribution in [2.75, 3.05) is 13.7 Å². The molecule has 0 unspecified atom stereocenters. The third-order valence-electron chi connectivity index (χ3n) is 2.49. The van der Waals surface area contributed by atoms with Gasteiger partial charge in [-0.2, -0.15) is 0 Å². The summed E-state index contributed by atoms with van der Waals surface area (Å²) in [6.45, 7) is 2.15. The fourth-order valence-corrected chi connectivity index (χ4v) is 1.91. The Hall–Kier alpha value is -1.88. The fourth-order valence-electron chi connectivity index (χ4n) is 1.71. The largest absolute Gasteiger partial charge is 0.493 e. The minimum atomic E-state index is -0.655. The SMILES string of the molecule is CCOc1cc(C(=O)OC)nc2c(F)cc(Cl)cc12. The van der Waals surface area contributed by atoms with Gasteiger partial charge in [0, 0.05) is 16.5 Å². The molecule has 0 bridgehead atoms. The number of carbonyl (C=O) groups excluding carboxylic acids is 1. The molecule has 100 valence electrons. The van der Waals surface area contributed by atoms with Crippen LogP contribution in [-0.2, 0) is 4.74 Å². The Kier molecular flexibility index (Phi) is 3.85. The molecule has 0 aliphatic rings. The first-order valence-electron chi connectivity index (χ1n) is 5.57. The maximum Gasteiger partial charge on any atom is 0.356 e. The van der Waals surface area contributed by atoms with Gasteiger partial charge < -0.3 is 9.47 Å². The number of aromatic nitrogens is 1. The molecule has 0 aliphatic carbocycles. The highest BCUT2D eigenvalue weighted by Gasteiger charge is 2.16. The summed E-state index contributed by atoms with van der Waals surface area (Å²) in [5.74, 6) is -0.930. The molecule has 0 spiro atoms. The summed E-state index contributed by atoms with van der Waals surface area (Å²) in [5, 5.41) is 0.651. The lowest BCUT2D eigenvalue weighted by atomic mass is 10.1. The van der Waals surface area contributed by atoms with Crippen molar-refractivity contribution in [3.05, 3.63) is 34.7 Å². The topological polar surface area (TPSA) is 48.4 Å². The van der Waals surface area contributed by atoms with E-state index < -0.39 is 11.8 Å². The maximum atomic E-state index is 13.9. The van der Waals surface area contributed by atoms with Crippen LogP contribution in [0.15, 0.2) is 18.2 Å². The third-order valence-corrected chi connectivity index (χ3v) is 2.71. The van der Waals surface area contributed by atoms with Crippen LogP contribution in [0, 0.1) is 5.82 Å². The van der Waals surface area contributed by atoms with Crippen molar-refractivity contribution < 1.29 is 18.7 Å². The van der Waals surface area contributed by atoms with Gasteiger partial charge in [0.15, 0.2) is 11.5 Å². The van der Waals surface area contributed by atoms with E-state index in [1.54, 1.807) is 13.0 Å². The predicted molar refractivity (Wildman–Crippen MR) is 69.2 cm³/mol. The van der Waals surface area contributed by atoms with Crippen molar-refractivity contribution in [2.45, 2.75) is 6.92 Å². The quantitative estimate of drug-likeness (QED) is 0.812. The Bertz CT molecular complexity index is 645. The standard InChI is InChI=1S/C13H11ClFNO3/c1-3-19-11-6-10(13(17)18-2)16-12-8(11)4-7(14)5-9(12)15/h4-6H,3H2,1-2H3. The van der Waals surface area contributed by atoms with Crippen molar-refractivity contribution in [1.29, 1.82) is 0 Å². The van der Waals surface area contributed by atoms with Crippen molar-refractivity contribution in [3.8, 4) is 5.75 Å². The number of esters is 1. The summed E-state index contributed by atoms with van der Waals surface area (Å²) in [6, 6.07) is 4.08. The van der Waals surface area contributed by atoms with E-state index in [9.17, 15) is 9.18 Å². The lowest BCUT2D eigenvalue weighted by Crippen LogP contribution is -2.06. The van der Waals surface area contributed by atoms with Crippen LogP contribution >= 0.6 is 11.6 Å². The van der Waals surface area contributed by atoms with Gasteiger partial charge in [-0.05, 0) is 19.1 Å². The minimum Gasteiger partial charge on any atom is -0.493 e. The molecule has 0 saturated heterocycles. The molecule has 0 radical (unpaired) electrons. The van der Waals surface area contributed by atoms with Crippen LogP contribution in [0.2, 0.25) is 5.02 Å². The first-order chi connectivity index (χ1) is 9.06. The Morgan fingerprint density at radius 1 is 1.42 bits per heavy atom. The molecular weight excluding hydrogens is 273 g/mol. The number of carbonyl (C=O) groups is 1. The molecule has 2 rings (SSSR count). The number of ether oxygens (including phenoxy) is 2. The Morgan fingerprint density at radius 3 is 2.79 bits per heavy atom. The van der Waals surface area contributed by atoms with Crippen LogP contribution in [-0.4, -0.2) is 24.7 Å². The Balaban J connectivity index is 2.75. The monoisotopic (exact) mass is 283 g/mol. The number of hydrogen-bond acceptors (Lipinski definition) is 4. The van der Waals surface area contributed by atoms with Gasteiger partial charge in [-0.15, -0.1) is 0 Å². The molecule has 1 aromatic carbocycles. The summed E-state index contributed by atoms with van der Waals surface area (Å²) < 4.78 is 23.8. The molecule has 0 saturated carbocycles. The van der Waals surface area contributed by atoms with Gasteiger partial charge in [-0.25, -0.2) is 14.2 Å². The van der Waals surface area contributed by atoms with E-state index in [2.05, 4.69) is 9.72 Å². The number of benzene rings is 1. The zero-order valence-electron chi connectivity index (χ0n) is 10.4. The fraction of sp³-hybridized carbons (Fsp3) is 0.231. The van der Waals surface area contributed by atoms with Crippen molar-refractivity contribution >= 4 is 28.5 Å². The van der Waals surface area contributed by atoms with Gasteiger partial charge in [-0.3, -0.25) is 0 Å². The summed E-state index contributed by atoms with van der Waals surface area (Å²) in [4.78, 5) is 15.4. The van der Waals surface area contributed by atoms with Gasteiger partial charge in [0.25, 0.3) is 0 Å². The van der Waals surface area contributed by atoms with Crippen LogP contribution in [0.3, 0.4) is 0 Å². The second-order valence-electron chi connectivity index (χ2n) is 3.71. The normalized spacial score (nSPS) is 10.5. The van der Waals surface area contributed by atoms with Crippen LogP contribution in [0.4, 0.5) is 4.39 Å². The first kappa shape index (κ1) is 13.5. The van der Waals surface area contributed by atoms with Crippen molar-refractivity contribution in [3.63, 3.8) is 0 Å². The Labute approximate surface area is 114 Å². The highest BCUT2D eigenvalue weighted by Crippen LogP contribution is 2.30. The Morgan fingerprint density at radius 2 is 2.16 bits per heavy atom. The lowest BCUT2D eigenvalue weighted by molar-refractivity contribution is 0.0594. The molecule has 0 amide bonds. The average molecular weight is 284 g/mol.